The van der Waals surface area contributed by atoms with Gasteiger partial charge >= 0.3 is 12.1 Å². The Labute approximate surface area is 172 Å². The number of likely N-dealkylation sites (tertiary alicyclic amines) is 1. The second-order valence-electron chi connectivity index (χ2n) is 8.96. The Balaban J connectivity index is 2.37. The van der Waals surface area contributed by atoms with Crippen LogP contribution < -0.4 is 0 Å². The summed E-state index contributed by atoms with van der Waals surface area (Å²) in [5.41, 5.74) is -0.420. The molecule has 1 amide bonds. The van der Waals surface area contributed by atoms with Crippen molar-refractivity contribution in [2.75, 3.05) is 6.61 Å². The highest BCUT2D eigenvalue weighted by Gasteiger charge is 2.46. The number of carbonyl (C=O) groups excluding carboxylic acids is 2. The summed E-state index contributed by atoms with van der Waals surface area (Å²) in [5, 5.41) is 0. The maximum Gasteiger partial charge on any atom is 0.411 e. The van der Waals surface area contributed by atoms with E-state index in [9.17, 15) is 14.0 Å². The smallest absolute Gasteiger partial charge is 0.411 e. The van der Waals surface area contributed by atoms with E-state index in [1.54, 1.807) is 24.0 Å². The van der Waals surface area contributed by atoms with Gasteiger partial charge in [-0.3, -0.25) is 4.90 Å². The molecule has 1 saturated heterocycles. The van der Waals surface area contributed by atoms with E-state index in [0.29, 0.717) is 19.4 Å². The third-order valence-electron chi connectivity index (χ3n) is 5.02. The predicted molar refractivity (Wildman–Crippen MR) is 110 cm³/mol. The molecule has 1 fully saturated rings. The molecule has 160 valence electrons. The van der Waals surface area contributed by atoms with Crippen molar-refractivity contribution < 1.29 is 23.5 Å². The normalized spacial score (nSPS) is 20.2. The van der Waals surface area contributed by atoms with Gasteiger partial charge in [-0.1, -0.05) is 32.1 Å². The fourth-order valence-electron chi connectivity index (χ4n) is 3.74. The molecule has 0 aliphatic carbocycles. The molecule has 0 radical (unpaired) electrons. The zero-order valence-electron chi connectivity index (χ0n) is 18.2. The van der Waals surface area contributed by atoms with Gasteiger partial charge in [-0.05, 0) is 58.2 Å². The summed E-state index contributed by atoms with van der Waals surface area (Å²) in [6.07, 6.45) is 4.14. The molecule has 1 heterocycles. The lowest BCUT2D eigenvalue weighted by molar-refractivity contribution is -0.137. The SMILES string of the molecule is CCOC(=O)/C=C/C(C)(C)[C@H]1CC[C@@H](c2cccc(F)c2)N1C(=O)OC(C)(C)C. The fourth-order valence-corrected chi connectivity index (χ4v) is 3.74. The van der Waals surface area contributed by atoms with E-state index in [1.165, 1.54) is 18.2 Å². The zero-order chi connectivity index (χ0) is 21.8. The summed E-state index contributed by atoms with van der Waals surface area (Å²) in [6.45, 7) is 11.5. The Bertz CT molecular complexity index is 766. The summed E-state index contributed by atoms with van der Waals surface area (Å²) in [7, 11) is 0. The molecular weight excluding hydrogens is 373 g/mol. The van der Waals surface area contributed by atoms with E-state index in [0.717, 1.165) is 5.56 Å². The van der Waals surface area contributed by atoms with E-state index in [4.69, 9.17) is 9.47 Å². The van der Waals surface area contributed by atoms with E-state index < -0.39 is 23.1 Å². The number of benzene rings is 1. The number of carbonyl (C=O) groups is 2. The quantitative estimate of drug-likeness (QED) is 0.485. The largest absolute Gasteiger partial charge is 0.463 e. The van der Waals surface area contributed by atoms with E-state index in [1.807, 2.05) is 40.7 Å². The molecule has 0 saturated carbocycles. The van der Waals surface area contributed by atoms with Crippen LogP contribution in [0.5, 0.6) is 0 Å². The minimum atomic E-state index is -0.651. The second kappa shape index (κ2) is 8.97. The highest BCUT2D eigenvalue weighted by molar-refractivity contribution is 5.82. The second-order valence-corrected chi connectivity index (χ2v) is 8.96. The van der Waals surface area contributed by atoms with Crippen LogP contribution >= 0.6 is 0 Å². The minimum Gasteiger partial charge on any atom is -0.463 e. The van der Waals surface area contributed by atoms with Crippen LogP contribution in [0, 0.1) is 11.2 Å². The summed E-state index contributed by atoms with van der Waals surface area (Å²) >= 11 is 0. The number of hydrogen-bond donors (Lipinski definition) is 0. The average molecular weight is 406 g/mol. The van der Waals surface area contributed by atoms with E-state index in [2.05, 4.69) is 0 Å². The van der Waals surface area contributed by atoms with Crippen molar-refractivity contribution in [2.24, 2.45) is 5.41 Å². The van der Waals surface area contributed by atoms with Crippen molar-refractivity contribution in [1.82, 2.24) is 4.90 Å². The van der Waals surface area contributed by atoms with Crippen molar-refractivity contribution in [1.29, 1.82) is 0 Å². The van der Waals surface area contributed by atoms with Gasteiger partial charge in [0.2, 0.25) is 0 Å². The van der Waals surface area contributed by atoms with Crippen molar-refractivity contribution in [3.8, 4) is 0 Å². The number of amides is 1. The van der Waals surface area contributed by atoms with Crippen molar-refractivity contribution in [3.63, 3.8) is 0 Å². The number of nitrogens with zero attached hydrogens (tertiary/aromatic N) is 1. The van der Waals surface area contributed by atoms with Gasteiger partial charge in [-0.2, -0.15) is 0 Å². The molecular formula is C23H32FNO4. The molecule has 0 aromatic heterocycles. The van der Waals surface area contributed by atoms with Crippen LogP contribution in [0.2, 0.25) is 0 Å². The lowest BCUT2D eigenvalue weighted by atomic mass is 9.82. The number of hydrogen-bond acceptors (Lipinski definition) is 4. The maximum absolute atomic E-state index is 13.8. The predicted octanol–water partition coefficient (Wildman–Crippen LogP) is 5.41. The average Bonchev–Trinajstić information content (AvgIpc) is 3.05. The molecule has 6 heteroatoms. The summed E-state index contributed by atoms with van der Waals surface area (Å²) in [6, 6.07) is 5.83. The number of ether oxygens (including phenoxy) is 2. The molecule has 5 nitrogen and oxygen atoms in total. The number of esters is 1. The molecule has 0 spiro atoms. The summed E-state index contributed by atoms with van der Waals surface area (Å²) in [4.78, 5) is 26.6. The number of halogens is 1. The van der Waals surface area contributed by atoms with E-state index >= 15 is 0 Å². The van der Waals surface area contributed by atoms with Crippen LogP contribution in [-0.2, 0) is 14.3 Å². The van der Waals surface area contributed by atoms with Crippen LogP contribution in [0.15, 0.2) is 36.4 Å². The lowest BCUT2D eigenvalue weighted by Crippen LogP contribution is -2.46. The Morgan fingerprint density at radius 1 is 1.21 bits per heavy atom. The first kappa shape index (κ1) is 22.9. The Morgan fingerprint density at radius 3 is 2.48 bits per heavy atom. The monoisotopic (exact) mass is 405 g/mol. The zero-order valence-corrected chi connectivity index (χ0v) is 18.2. The standard InChI is InChI=1S/C23H32FNO4/c1-7-28-20(26)13-14-23(5,6)19-12-11-18(16-9-8-10-17(24)15-16)25(19)21(27)29-22(2,3)4/h8-10,13-15,18-19H,7,11-12H2,1-6H3/b14-13+/t18-,19+/m0/s1. The summed E-state index contributed by atoms with van der Waals surface area (Å²) in [5.74, 6) is -0.749. The van der Waals surface area contributed by atoms with Crippen LogP contribution in [-0.4, -0.2) is 35.2 Å². The lowest BCUT2D eigenvalue weighted by Gasteiger charge is -2.39. The Kier molecular flexibility index (Phi) is 7.09. The van der Waals surface area contributed by atoms with Crippen LogP contribution in [0.3, 0.4) is 0 Å². The fraction of sp³-hybridized carbons (Fsp3) is 0.565. The molecule has 0 unspecified atom stereocenters. The molecule has 29 heavy (non-hydrogen) atoms. The first-order valence-electron chi connectivity index (χ1n) is 10.1. The topological polar surface area (TPSA) is 55.8 Å². The van der Waals surface area contributed by atoms with Crippen LogP contribution in [0.25, 0.3) is 0 Å². The van der Waals surface area contributed by atoms with Crippen molar-refractivity contribution in [3.05, 3.63) is 47.8 Å². The third-order valence-corrected chi connectivity index (χ3v) is 5.02. The van der Waals surface area contributed by atoms with Gasteiger partial charge in [0.25, 0.3) is 0 Å². The molecule has 0 bridgehead atoms. The summed E-state index contributed by atoms with van der Waals surface area (Å²) < 4.78 is 24.5. The highest BCUT2D eigenvalue weighted by atomic mass is 19.1. The van der Waals surface area contributed by atoms with Crippen LogP contribution in [0.1, 0.15) is 66.0 Å². The molecule has 2 rings (SSSR count). The van der Waals surface area contributed by atoms with Crippen molar-refractivity contribution in [2.45, 2.75) is 72.1 Å². The van der Waals surface area contributed by atoms with Gasteiger partial charge in [-0.15, -0.1) is 0 Å². The van der Waals surface area contributed by atoms with Gasteiger partial charge in [0.05, 0.1) is 12.6 Å². The Hall–Kier alpha value is -2.37. The van der Waals surface area contributed by atoms with Gasteiger partial charge in [0, 0.05) is 17.5 Å². The molecule has 0 N–H and O–H groups in total. The van der Waals surface area contributed by atoms with Gasteiger partial charge in [0.15, 0.2) is 0 Å². The first-order valence-corrected chi connectivity index (χ1v) is 10.1. The first-order chi connectivity index (χ1) is 13.4. The van der Waals surface area contributed by atoms with Gasteiger partial charge in [0.1, 0.15) is 11.4 Å². The van der Waals surface area contributed by atoms with Crippen LogP contribution in [0.4, 0.5) is 9.18 Å². The maximum atomic E-state index is 13.8. The van der Waals surface area contributed by atoms with Gasteiger partial charge < -0.3 is 9.47 Å². The number of rotatable bonds is 5. The third kappa shape index (κ3) is 6.05. The molecule has 1 aliphatic heterocycles. The molecule has 1 aromatic carbocycles. The molecule has 2 atom stereocenters. The molecule has 1 aromatic rings. The van der Waals surface area contributed by atoms with E-state index in [-0.39, 0.29) is 17.9 Å². The van der Waals surface area contributed by atoms with Gasteiger partial charge in [-0.25, -0.2) is 14.0 Å². The minimum absolute atomic E-state index is 0.212. The molecule has 1 aliphatic rings. The highest BCUT2D eigenvalue weighted by Crippen LogP contribution is 2.44. The Morgan fingerprint density at radius 2 is 1.90 bits per heavy atom. The van der Waals surface area contributed by atoms with Crippen molar-refractivity contribution >= 4 is 12.1 Å².